The Balaban J connectivity index is 0. The first-order valence-electron chi connectivity index (χ1n) is 4.08. The minimum atomic E-state index is -3.57. The van der Waals surface area contributed by atoms with Crippen LogP contribution >= 0.6 is 0 Å². The normalized spacial score (nSPS) is 9.33. The van der Waals surface area contributed by atoms with Gasteiger partial charge < -0.3 is 9.47 Å². The van der Waals surface area contributed by atoms with Crippen molar-refractivity contribution in [3.63, 3.8) is 0 Å². The molecule has 0 N–H and O–H groups in total. The summed E-state index contributed by atoms with van der Waals surface area (Å²) in [4.78, 5) is 39.1. The third-order valence-corrected chi connectivity index (χ3v) is 0.845. The predicted octanol–water partition coefficient (Wildman–Crippen LogP) is 0.682. The van der Waals surface area contributed by atoms with Crippen LogP contribution in [0.25, 0.3) is 0 Å². The molecule has 0 spiro atoms. The van der Waals surface area contributed by atoms with Crippen LogP contribution in [0.5, 0.6) is 0 Å². The van der Waals surface area contributed by atoms with E-state index in [-0.39, 0.29) is 0 Å². The average molecular weight is 276 g/mol. The smallest absolute Gasteiger partial charge is 0.381 e. The summed E-state index contributed by atoms with van der Waals surface area (Å²) >= 11 is 0. The van der Waals surface area contributed by atoms with E-state index in [1.165, 1.54) is 13.8 Å². The summed E-state index contributed by atoms with van der Waals surface area (Å²) in [6.07, 6.45) is -7.14. The highest BCUT2D eigenvalue weighted by Gasteiger charge is 2.26. The molecule has 0 aliphatic rings. The minimum Gasteiger partial charge on any atom is -0.394 e. The zero-order valence-electron chi connectivity index (χ0n) is 9.12. The van der Waals surface area contributed by atoms with Gasteiger partial charge in [-0.15, -0.1) is 0 Å². The number of carbonyl (C=O) groups excluding carboxylic acids is 4. The second-order valence-corrected chi connectivity index (χ2v) is 2.43. The molecule has 0 aliphatic heterocycles. The Bertz CT molecular complexity index is 298. The molecule has 6 nitrogen and oxygen atoms in total. The second-order valence-electron chi connectivity index (χ2n) is 2.43. The lowest BCUT2D eigenvalue weighted by Gasteiger charge is -1.99. The van der Waals surface area contributed by atoms with Crippen LogP contribution in [0.4, 0.5) is 17.6 Å². The van der Waals surface area contributed by atoms with E-state index in [9.17, 15) is 36.7 Å². The van der Waals surface area contributed by atoms with Gasteiger partial charge in [-0.25, -0.2) is 9.59 Å². The molecule has 0 aromatic carbocycles. The Hall–Kier alpha value is -2.00. The topological polar surface area (TPSA) is 86.7 Å². The molecule has 0 radical (unpaired) electrons. The lowest BCUT2D eigenvalue weighted by atomic mass is 10.7. The van der Waals surface area contributed by atoms with Gasteiger partial charge in [0.05, 0.1) is 0 Å². The molecule has 104 valence electrons. The third kappa shape index (κ3) is 12.1. The molecule has 0 saturated carbocycles. The standard InChI is InChI=1S/C4H2F4O3.C4H6O3/c5-1(6)3(9)11-4(10)2(7)8;1-3(5)7-4(2)6/h1-2H;1-2H3. The first-order chi connectivity index (χ1) is 8.07. The highest BCUT2D eigenvalue weighted by atomic mass is 19.3. The van der Waals surface area contributed by atoms with Crippen LogP contribution in [0.15, 0.2) is 0 Å². The van der Waals surface area contributed by atoms with Crippen molar-refractivity contribution in [2.24, 2.45) is 0 Å². The Morgan fingerprint density at radius 3 is 1.11 bits per heavy atom. The SMILES string of the molecule is CC(=O)OC(C)=O.O=C(OC(=O)C(F)F)C(F)F. The largest absolute Gasteiger partial charge is 0.394 e. The van der Waals surface area contributed by atoms with E-state index in [0.29, 0.717) is 0 Å². The zero-order chi connectivity index (χ0) is 14.9. The molecule has 0 amide bonds. The quantitative estimate of drug-likeness (QED) is 0.419. The number of esters is 4. The van der Waals surface area contributed by atoms with Crippen LogP contribution in [0.1, 0.15) is 13.8 Å². The van der Waals surface area contributed by atoms with Crippen LogP contribution in [0, 0.1) is 0 Å². The highest BCUT2D eigenvalue weighted by molar-refractivity contribution is 5.88. The monoisotopic (exact) mass is 276 g/mol. The maximum atomic E-state index is 11.2. The molecule has 0 unspecified atom stereocenters. The van der Waals surface area contributed by atoms with Crippen molar-refractivity contribution < 1.29 is 46.2 Å². The fraction of sp³-hybridized carbons (Fsp3) is 0.500. The molecule has 0 saturated heterocycles. The van der Waals surface area contributed by atoms with Crippen molar-refractivity contribution in [1.82, 2.24) is 0 Å². The van der Waals surface area contributed by atoms with Crippen LogP contribution < -0.4 is 0 Å². The molecule has 0 heterocycles. The van der Waals surface area contributed by atoms with E-state index in [1.54, 1.807) is 0 Å². The molecule has 0 bridgehead atoms. The number of rotatable bonds is 2. The van der Waals surface area contributed by atoms with Gasteiger partial charge in [0.1, 0.15) is 0 Å². The molecule has 0 rings (SSSR count). The summed E-state index contributed by atoms with van der Waals surface area (Å²) in [5.74, 6) is -5.66. The Morgan fingerprint density at radius 1 is 0.722 bits per heavy atom. The summed E-state index contributed by atoms with van der Waals surface area (Å²) in [6, 6.07) is 0. The number of ether oxygens (including phenoxy) is 2. The average Bonchev–Trinajstić information content (AvgIpc) is 2.15. The van der Waals surface area contributed by atoms with Crippen molar-refractivity contribution in [3.8, 4) is 0 Å². The minimum absolute atomic E-state index is 0.562. The fourth-order valence-corrected chi connectivity index (χ4v) is 0.391. The lowest BCUT2D eigenvalue weighted by Crippen LogP contribution is -2.23. The molecular formula is C8H8F4O6. The van der Waals surface area contributed by atoms with Crippen molar-refractivity contribution in [1.29, 1.82) is 0 Å². The van der Waals surface area contributed by atoms with E-state index in [4.69, 9.17) is 0 Å². The molecule has 0 atom stereocenters. The molecule has 0 aromatic heterocycles. The molecule has 10 heteroatoms. The predicted molar refractivity (Wildman–Crippen MR) is 45.6 cm³/mol. The van der Waals surface area contributed by atoms with Gasteiger partial charge in [-0.05, 0) is 0 Å². The van der Waals surface area contributed by atoms with Crippen molar-refractivity contribution in [3.05, 3.63) is 0 Å². The maximum Gasteiger partial charge on any atom is 0.381 e. The van der Waals surface area contributed by atoms with Crippen molar-refractivity contribution >= 4 is 23.9 Å². The van der Waals surface area contributed by atoms with E-state index >= 15 is 0 Å². The zero-order valence-corrected chi connectivity index (χ0v) is 9.12. The van der Waals surface area contributed by atoms with E-state index in [1.807, 2.05) is 0 Å². The summed E-state index contributed by atoms with van der Waals surface area (Å²) in [7, 11) is 0. The fourth-order valence-electron chi connectivity index (χ4n) is 0.391. The van der Waals surface area contributed by atoms with Crippen LogP contribution in [-0.4, -0.2) is 36.7 Å². The molecule has 0 aromatic rings. The van der Waals surface area contributed by atoms with Crippen molar-refractivity contribution in [2.45, 2.75) is 26.7 Å². The van der Waals surface area contributed by atoms with Gasteiger partial charge in [0.25, 0.3) is 0 Å². The molecular weight excluding hydrogens is 268 g/mol. The summed E-state index contributed by atoms with van der Waals surface area (Å²) in [5.41, 5.74) is 0. The van der Waals surface area contributed by atoms with Gasteiger partial charge in [-0.1, -0.05) is 0 Å². The summed E-state index contributed by atoms with van der Waals surface area (Å²) < 4.78 is 51.7. The Kier molecular flexibility index (Phi) is 9.26. The lowest BCUT2D eigenvalue weighted by molar-refractivity contribution is -0.174. The van der Waals surface area contributed by atoms with Gasteiger partial charge in [0.2, 0.25) is 0 Å². The maximum absolute atomic E-state index is 11.2. The van der Waals surface area contributed by atoms with E-state index < -0.39 is 36.7 Å². The number of hydrogen-bond donors (Lipinski definition) is 0. The number of halogens is 4. The van der Waals surface area contributed by atoms with Gasteiger partial charge in [-0.2, -0.15) is 17.6 Å². The highest BCUT2D eigenvalue weighted by Crippen LogP contribution is 2.00. The summed E-state index contributed by atoms with van der Waals surface area (Å²) in [6.45, 7) is 2.36. The summed E-state index contributed by atoms with van der Waals surface area (Å²) in [5, 5.41) is 0. The van der Waals surface area contributed by atoms with E-state index in [0.717, 1.165) is 0 Å². The first-order valence-corrected chi connectivity index (χ1v) is 4.08. The van der Waals surface area contributed by atoms with Gasteiger partial charge in [-0.3, -0.25) is 9.59 Å². The van der Waals surface area contributed by atoms with Crippen LogP contribution in [-0.2, 0) is 28.7 Å². The van der Waals surface area contributed by atoms with Crippen LogP contribution in [0.2, 0.25) is 0 Å². The second kappa shape index (κ2) is 9.07. The molecule has 0 aliphatic carbocycles. The first kappa shape index (κ1) is 18.4. The number of alkyl halides is 4. The third-order valence-electron chi connectivity index (χ3n) is 0.845. The van der Waals surface area contributed by atoms with Crippen molar-refractivity contribution in [2.75, 3.05) is 0 Å². The van der Waals surface area contributed by atoms with E-state index in [2.05, 4.69) is 9.47 Å². The van der Waals surface area contributed by atoms with Gasteiger partial charge in [0, 0.05) is 13.8 Å². The molecule has 18 heavy (non-hydrogen) atoms. The number of hydrogen-bond acceptors (Lipinski definition) is 6. The Morgan fingerprint density at radius 2 is 1.00 bits per heavy atom. The van der Waals surface area contributed by atoms with Gasteiger partial charge in [0.15, 0.2) is 0 Å². The van der Waals surface area contributed by atoms with Gasteiger partial charge >= 0.3 is 36.7 Å². The number of carbonyl (C=O) groups is 4. The Labute approximate surface area is 97.8 Å². The van der Waals surface area contributed by atoms with Crippen LogP contribution in [0.3, 0.4) is 0 Å². The molecule has 0 fully saturated rings.